The highest BCUT2D eigenvalue weighted by atomic mass is 19.1. The number of nitrogens with zero attached hydrogens (tertiary/aromatic N) is 1. The molecule has 2 amide bonds. The molecule has 1 N–H and O–H groups in total. The number of Topliss-reactive ketones (excluding diaryl/α,β-unsaturated/α-hetero) is 1. The largest absolute Gasteiger partial charge is 0.352 e. The van der Waals surface area contributed by atoms with E-state index in [1.807, 2.05) is 0 Å². The van der Waals surface area contributed by atoms with E-state index < -0.39 is 17.5 Å². The molecule has 1 aromatic rings. The lowest BCUT2D eigenvalue weighted by molar-refractivity contribution is -0.122. The van der Waals surface area contributed by atoms with Crippen LogP contribution in [0.4, 0.5) is 10.1 Å². The summed E-state index contributed by atoms with van der Waals surface area (Å²) in [5, 5.41) is 2.65. The van der Waals surface area contributed by atoms with Gasteiger partial charge in [-0.3, -0.25) is 19.3 Å². The number of nitrogens with one attached hydrogen (secondary N) is 1. The molecule has 6 heteroatoms. The molecule has 0 bridgehead atoms. The second-order valence-corrected chi connectivity index (χ2v) is 5.06. The lowest BCUT2D eigenvalue weighted by atomic mass is 10.1. The highest BCUT2D eigenvalue weighted by Gasteiger charge is 2.38. The summed E-state index contributed by atoms with van der Waals surface area (Å²) in [4.78, 5) is 36.6. The standard InChI is InChI=1S/C14H15FN2O3/c1-7(2)16-11(18)6-17-12-8(3)4-9(15)5-10(12)13(19)14(17)20/h4-5,7H,6H2,1-3H3,(H,16,18). The van der Waals surface area contributed by atoms with Gasteiger partial charge in [0.15, 0.2) is 0 Å². The minimum absolute atomic E-state index is 0.0184. The van der Waals surface area contributed by atoms with Crippen LogP contribution in [0.2, 0.25) is 0 Å². The van der Waals surface area contributed by atoms with Gasteiger partial charge in [0.1, 0.15) is 12.4 Å². The number of benzene rings is 1. The molecule has 1 heterocycles. The van der Waals surface area contributed by atoms with Gasteiger partial charge in [0.2, 0.25) is 5.91 Å². The first-order chi connectivity index (χ1) is 9.31. The second-order valence-electron chi connectivity index (χ2n) is 5.06. The van der Waals surface area contributed by atoms with Gasteiger partial charge >= 0.3 is 0 Å². The summed E-state index contributed by atoms with van der Waals surface area (Å²) in [5.74, 6) is -2.51. The van der Waals surface area contributed by atoms with E-state index in [9.17, 15) is 18.8 Å². The van der Waals surface area contributed by atoms with Crippen molar-refractivity contribution in [3.63, 3.8) is 0 Å². The van der Waals surface area contributed by atoms with Crippen LogP contribution in [0.3, 0.4) is 0 Å². The van der Waals surface area contributed by atoms with Crippen molar-refractivity contribution in [1.29, 1.82) is 0 Å². The molecular weight excluding hydrogens is 263 g/mol. The Bertz CT molecular complexity index is 611. The monoisotopic (exact) mass is 278 g/mol. The van der Waals surface area contributed by atoms with Crippen molar-refractivity contribution in [3.8, 4) is 0 Å². The highest BCUT2D eigenvalue weighted by Crippen LogP contribution is 2.32. The van der Waals surface area contributed by atoms with Gasteiger partial charge in [-0.2, -0.15) is 0 Å². The maximum absolute atomic E-state index is 13.3. The first kappa shape index (κ1) is 14.2. The topological polar surface area (TPSA) is 66.5 Å². The van der Waals surface area contributed by atoms with Crippen LogP contribution in [0.25, 0.3) is 0 Å². The predicted molar refractivity (Wildman–Crippen MR) is 71.1 cm³/mol. The summed E-state index contributed by atoms with van der Waals surface area (Å²) >= 11 is 0. The normalized spacial score (nSPS) is 13.9. The molecule has 0 saturated carbocycles. The predicted octanol–water partition coefficient (Wildman–Crippen LogP) is 1.19. The molecule has 0 aliphatic carbocycles. The minimum Gasteiger partial charge on any atom is -0.352 e. The first-order valence-electron chi connectivity index (χ1n) is 6.27. The molecule has 0 unspecified atom stereocenters. The van der Waals surface area contributed by atoms with E-state index in [1.165, 1.54) is 6.07 Å². The average molecular weight is 278 g/mol. The summed E-state index contributed by atoms with van der Waals surface area (Å²) in [6.07, 6.45) is 0. The smallest absolute Gasteiger partial charge is 0.299 e. The fourth-order valence-electron chi connectivity index (χ4n) is 2.27. The number of carbonyl (C=O) groups excluding carboxylic acids is 3. The van der Waals surface area contributed by atoms with E-state index >= 15 is 0 Å². The van der Waals surface area contributed by atoms with Crippen LogP contribution in [0, 0.1) is 12.7 Å². The van der Waals surface area contributed by atoms with Crippen LogP contribution in [0.15, 0.2) is 12.1 Å². The number of anilines is 1. The van der Waals surface area contributed by atoms with Gasteiger partial charge in [0, 0.05) is 6.04 Å². The van der Waals surface area contributed by atoms with Crippen molar-refractivity contribution in [2.75, 3.05) is 11.4 Å². The number of fused-ring (bicyclic) bond motifs is 1. The van der Waals surface area contributed by atoms with Gasteiger partial charge in [0.25, 0.3) is 11.7 Å². The fraction of sp³-hybridized carbons (Fsp3) is 0.357. The maximum atomic E-state index is 13.3. The summed E-state index contributed by atoms with van der Waals surface area (Å²) in [6.45, 7) is 4.94. The number of carbonyl (C=O) groups is 3. The van der Waals surface area contributed by atoms with Crippen LogP contribution in [-0.2, 0) is 9.59 Å². The van der Waals surface area contributed by atoms with Crippen molar-refractivity contribution in [2.45, 2.75) is 26.8 Å². The van der Waals surface area contributed by atoms with Gasteiger partial charge in [-0.15, -0.1) is 0 Å². The highest BCUT2D eigenvalue weighted by molar-refractivity contribution is 6.52. The molecule has 1 aromatic carbocycles. The maximum Gasteiger partial charge on any atom is 0.299 e. The molecule has 0 fully saturated rings. The molecular formula is C14H15FN2O3. The first-order valence-corrected chi connectivity index (χ1v) is 6.27. The van der Waals surface area contributed by atoms with E-state index in [0.717, 1.165) is 11.0 Å². The third-order valence-corrected chi connectivity index (χ3v) is 2.97. The number of halogens is 1. The lowest BCUT2D eigenvalue weighted by Gasteiger charge is -2.19. The van der Waals surface area contributed by atoms with Gasteiger partial charge in [-0.05, 0) is 38.5 Å². The van der Waals surface area contributed by atoms with Crippen molar-refractivity contribution < 1.29 is 18.8 Å². The van der Waals surface area contributed by atoms with Crippen LogP contribution < -0.4 is 10.2 Å². The molecule has 0 spiro atoms. The van der Waals surface area contributed by atoms with Crippen molar-refractivity contribution in [2.24, 2.45) is 0 Å². The Labute approximate surface area is 115 Å². The molecule has 5 nitrogen and oxygen atoms in total. The summed E-state index contributed by atoms with van der Waals surface area (Å²) < 4.78 is 13.3. The zero-order valence-electron chi connectivity index (χ0n) is 11.5. The van der Waals surface area contributed by atoms with E-state index in [1.54, 1.807) is 20.8 Å². The Morgan fingerprint density at radius 1 is 1.35 bits per heavy atom. The van der Waals surface area contributed by atoms with Crippen molar-refractivity contribution in [3.05, 3.63) is 29.1 Å². The van der Waals surface area contributed by atoms with Gasteiger partial charge in [0.05, 0.1) is 11.3 Å². The molecule has 2 rings (SSSR count). The molecule has 0 atom stereocenters. The summed E-state index contributed by atoms with van der Waals surface area (Å²) in [5.41, 5.74) is 0.793. The molecule has 1 aliphatic heterocycles. The Kier molecular flexibility index (Phi) is 3.57. The van der Waals surface area contributed by atoms with Crippen LogP contribution in [0.1, 0.15) is 29.8 Å². The van der Waals surface area contributed by atoms with Gasteiger partial charge in [-0.25, -0.2) is 4.39 Å². The lowest BCUT2D eigenvalue weighted by Crippen LogP contribution is -2.42. The zero-order valence-corrected chi connectivity index (χ0v) is 11.5. The Hall–Kier alpha value is -2.24. The molecule has 0 saturated heterocycles. The van der Waals surface area contributed by atoms with E-state index in [2.05, 4.69) is 5.32 Å². The Balaban J connectivity index is 2.36. The summed E-state index contributed by atoms with van der Waals surface area (Å²) in [6, 6.07) is 2.20. The van der Waals surface area contributed by atoms with Gasteiger partial charge < -0.3 is 5.32 Å². The molecule has 0 aromatic heterocycles. The van der Waals surface area contributed by atoms with E-state index in [0.29, 0.717) is 11.3 Å². The molecule has 20 heavy (non-hydrogen) atoms. The third kappa shape index (κ3) is 2.41. The average Bonchev–Trinajstić information content (AvgIpc) is 2.53. The molecule has 0 radical (unpaired) electrons. The third-order valence-electron chi connectivity index (χ3n) is 2.97. The molecule has 106 valence electrons. The number of rotatable bonds is 3. The molecule has 1 aliphatic rings. The Morgan fingerprint density at radius 2 is 2.00 bits per heavy atom. The summed E-state index contributed by atoms with van der Waals surface area (Å²) in [7, 11) is 0. The minimum atomic E-state index is -0.799. The van der Waals surface area contributed by atoms with E-state index in [4.69, 9.17) is 0 Å². The number of ketones is 1. The number of hydrogen-bond donors (Lipinski definition) is 1. The van der Waals surface area contributed by atoms with Crippen LogP contribution in [0.5, 0.6) is 0 Å². The van der Waals surface area contributed by atoms with Gasteiger partial charge in [-0.1, -0.05) is 0 Å². The fourth-order valence-corrected chi connectivity index (χ4v) is 2.27. The zero-order chi connectivity index (χ0) is 15.0. The quantitative estimate of drug-likeness (QED) is 0.844. The van der Waals surface area contributed by atoms with E-state index in [-0.39, 0.29) is 24.1 Å². The van der Waals surface area contributed by atoms with Crippen molar-refractivity contribution in [1.82, 2.24) is 5.32 Å². The van der Waals surface area contributed by atoms with Crippen LogP contribution in [-0.4, -0.2) is 30.2 Å². The van der Waals surface area contributed by atoms with Crippen LogP contribution >= 0.6 is 0 Å². The second kappa shape index (κ2) is 5.03. The number of hydrogen-bond acceptors (Lipinski definition) is 3. The number of aryl methyl sites for hydroxylation is 1. The van der Waals surface area contributed by atoms with Crippen molar-refractivity contribution >= 4 is 23.3 Å². The number of amides is 2. The SMILES string of the molecule is Cc1cc(F)cc2c1N(CC(=O)NC(C)C)C(=O)C2=O. The Morgan fingerprint density at radius 3 is 2.60 bits per heavy atom.